The largest absolute Gasteiger partial charge is 0.508 e. The summed E-state index contributed by atoms with van der Waals surface area (Å²) >= 11 is 0. The van der Waals surface area contributed by atoms with Gasteiger partial charge in [-0.2, -0.15) is 0 Å². The zero-order chi connectivity index (χ0) is 43.3. The fraction of sp³-hybridized carbons (Fsp3) is 0.960. The molecule has 0 amide bonds. The lowest BCUT2D eigenvalue weighted by molar-refractivity contribution is 0.0143. The minimum Gasteiger partial charge on any atom is -0.434 e. The number of aliphatic hydroxyl groups excluding tert-OH is 2. The molecular formula is C50H99NO8. The number of carbonyl (C=O) groups is 2. The SMILES string of the molecule is CCCCCCCCC(CCCCCC)OC(=O)OCCCCCCN(CCCCCO)CC(O)CCCCOC(=O)OC(CCCCCCC)CCCCCCCC. The van der Waals surface area contributed by atoms with E-state index in [1.807, 2.05) is 0 Å². The van der Waals surface area contributed by atoms with Crippen molar-refractivity contribution in [2.45, 2.75) is 271 Å². The smallest absolute Gasteiger partial charge is 0.434 e. The zero-order valence-corrected chi connectivity index (χ0v) is 39.5. The molecule has 9 heteroatoms. The van der Waals surface area contributed by atoms with E-state index in [0.29, 0.717) is 32.6 Å². The molecule has 9 nitrogen and oxygen atoms in total. The van der Waals surface area contributed by atoms with E-state index in [2.05, 4.69) is 32.6 Å². The van der Waals surface area contributed by atoms with Gasteiger partial charge in [0.1, 0.15) is 12.2 Å². The molecule has 0 aliphatic heterocycles. The average molecular weight is 842 g/mol. The molecule has 0 spiro atoms. The zero-order valence-electron chi connectivity index (χ0n) is 39.5. The fourth-order valence-corrected chi connectivity index (χ4v) is 7.84. The molecule has 0 aromatic heterocycles. The second kappa shape index (κ2) is 45.9. The number of rotatable bonds is 46. The third kappa shape index (κ3) is 41.5. The van der Waals surface area contributed by atoms with Gasteiger partial charge in [-0.1, -0.05) is 150 Å². The Balaban J connectivity index is 4.49. The fourth-order valence-electron chi connectivity index (χ4n) is 7.84. The van der Waals surface area contributed by atoms with Crippen LogP contribution in [0.1, 0.15) is 252 Å². The highest BCUT2D eigenvalue weighted by Crippen LogP contribution is 2.19. The second-order valence-electron chi connectivity index (χ2n) is 17.5. The van der Waals surface area contributed by atoms with Crippen LogP contribution < -0.4 is 0 Å². The summed E-state index contributed by atoms with van der Waals surface area (Å²) in [5.74, 6) is 0. The van der Waals surface area contributed by atoms with E-state index >= 15 is 0 Å². The molecule has 0 radical (unpaired) electrons. The van der Waals surface area contributed by atoms with Gasteiger partial charge in [0.15, 0.2) is 0 Å². The first kappa shape index (κ1) is 57.4. The standard InChI is InChI=1S/C50H99NO8/c1-5-9-13-17-20-27-38-47(36-25-16-12-8-4)58-49(54)56-43-33-23-22-30-40-51(41-31-24-32-42-52)45-46(53)35-29-34-44-57-50(55)59-48(37-26-19-15-11-7-3)39-28-21-18-14-10-6-2/h46-48,52-53H,5-45H2,1-4H3. The van der Waals surface area contributed by atoms with Gasteiger partial charge in [0.05, 0.1) is 19.3 Å². The van der Waals surface area contributed by atoms with Crippen LogP contribution >= 0.6 is 0 Å². The van der Waals surface area contributed by atoms with Gasteiger partial charge in [0, 0.05) is 13.2 Å². The molecule has 0 bridgehead atoms. The Morgan fingerprint density at radius 1 is 0.424 bits per heavy atom. The van der Waals surface area contributed by atoms with Gasteiger partial charge in [-0.15, -0.1) is 0 Å². The maximum Gasteiger partial charge on any atom is 0.508 e. The Morgan fingerprint density at radius 3 is 1.17 bits per heavy atom. The summed E-state index contributed by atoms with van der Waals surface area (Å²) in [4.78, 5) is 27.4. The first-order valence-corrected chi connectivity index (χ1v) is 25.6. The highest BCUT2D eigenvalue weighted by atomic mass is 16.7. The summed E-state index contributed by atoms with van der Waals surface area (Å²) in [6.07, 6.45) is 36.4. The highest BCUT2D eigenvalue weighted by molar-refractivity contribution is 5.60. The van der Waals surface area contributed by atoms with E-state index in [-0.39, 0.29) is 18.8 Å². The van der Waals surface area contributed by atoms with Crippen LogP contribution in [0.4, 0.5) is 9.59 Å². The predicted octanol–water partition coefficient (Wildman–Crippen LogP) is 14.4. The van der Waals surface area contributed by atoms with Gasteiger partial charge in [-0.25, -0.2) is 9.59 Å². The number of ether oxygens (including phenoxy) is 4. The van der Waals surface area contributed by atoms with Gasteiger partial charge in [-0.3, -0.25) is 0 Å². The van der Waals surface area contributed by atoms with Crippen LogP contribution in [0.15, 0.2) is 0 Å². The molecule has 3 atom stereocenters. The van der Waals surface area contributed by atoms with Crippen molar-refractivity contribution >= 4 is 12.3 Å². The summed E-state index contributed by atoms with van der Waals surface area (Å²) < 4.78 is 22.6. The Kier molecular flexibility index (Phi) is 44.7. The summed E-state index contributed by atoms with van der Waals surface area (Å²) in [6.45, 7) is 12.3. The van der Waals surface area contributed by atoms with Crippen LogP contribution in [-0.4, -0.2) is 85.2 Å². The van der Waals surface area contributed by atoms with Crippen molar-refractivity contribution in [3.8, 4) is 0 Å². The molecule has 0 saturated carbocycles. The summed E-state index contributed by atoms with van der Waals surface area (Å²) in [5, 5.41) is 20.1. The number of aliphatic hydroxyl groups is 2. The first-order valence-electron chi connectivity index (χ1n) is 25.6. The number of hydrogen-bond acceptors (Lipinski definition) is 9. The van der Waals surface area contributed by atoms with E-state index in [0.717, 1.165) is 116 Å². The van der Waals surface area contributed by atoms with Crippen molar-refractivity contribution in [2.75, 3.05) is 39.5 Å². The minimum absolute atomic E-state index is 0.0339. The Hall–Kier alpha value is -1.58. The van der Waals surface area contributed by atoms with Crippen LogP contribution in [0.25, 0.3) is 0 Å². The maximum atomic E-state index is 12.6. The molecule has 0 saturated heterocycles. The van der Waals surface area contributed by atoms with Gasteiger partial charge in [0.2, 0.25) is 0 Å². The van der Waals surface area contributed by atoms with E-state index in [9.17, 15) is 19.8 Å². The molecule has 0 aromatic carbocycles. The quantitative estimate of drug-likeness (QED) is 0.0456. The maximum absolute atomic E-state index is 12.6. The molecule has 0 rings (SSSR count). The number of nitrogens with zero attached hydrogens (tertiary/aromatic N) is 1. The lowest BCUT2D eigenvalue weighted by atomic mass is 10.0. The van der Waals surface area contributed by atoms with Crippen molar-refractivity contribution in [2.24, 2.45) is 0 Å². The van der Waals surface area contributed by atoms with Crippen molar-refractivity contribution in [1.82, 2.24) is 4.90 Å². The third-order valence-electron chi connectivity index (χ3n) is 11.6. The van der Waals surface area contributed by atoms with E-state index in [4.69, 9.17) is 18.9 Å². The highest BCUT2D eigenvalue weighted by Gasteiger charge is 2.17. The van der Waals surface area contributed by atoms with Crippen LogP contribution in [0.2, 0.25) is 0 Å². The van der Waals surface area contributed by atoms with Gasteiger partial charge in [-0.05, 0) is 116 Å². The van der Waals surface area contributed by atoms with Crippen LogP contribution in [0.3, 0.4) is 0 Å². The van der Waals surface area contributed by atoms with E-state index in [1.165, 1.54) is 109 Å². The second-order valence-corrected chi connectivity index (χ2v) is 17.5. The molecule has 2 N–H and O–H groups in total. The number of unbranched alkanes of at least 4 members (excludes halogenated alkanes) is 23. The van der Waals surface area contributed by atoms with Crippen molar-refractivity contribution < 1.29 is 38.7 Å². The minimum atomic E-state index is -0.545. The van der Waals surface area contributed by atoms with Gasteiger partial charge in [0.25, 0.3) is 0 Å². The van der Waals surface area contributed by atoms with Crippen LogP contribution in [-0.2, 0) is 18.9 Å². The Labute approximate surface area is 365 Å². The van der Waals surface area contributed by atoms with Crippen LogP contribution in [0, 0.1) is 0 Å². The average Bonchev–Trinajstić information content (AvgIpc) is 3.22. The monoisotopic (exact) mass is 842 g/mol. The molecular weight excluding hydrogens is 743 g/mol. The van der Waals surface area contributed by atoms with Crippen molar-refractivity contribution in [3.05, 3.63) is 0 Å². The lowest BCUT2D eigenvalue weighted by Crippen LogP contribution is -2.34. The molecule has 0 aromatic rings. The normalized spacial score (nSPS) is 13.1. The summed E-state index contributed by atoms with van der Waals surface area (Å²) in [5.41, 5.74) is 0. The number of carbonyl (C=O) groups excluding carboxylic acids is 2. The molecule has 0 aliphatic rings. The van der Waals surface area contributed by atoms with Gasteiger partial charge < -0.3 is 34.1 Å². The molecule has 0 heterocycles. The predicted molar refractivity (Wildman–Crippen MR) is 246 cm³/mol. The molecule has 3 unspecified atom stereocenters. The summed E-state index contributed by atoms with van der Waals surface area (Å²) in [7, 11) is 0. The van der Waals surface area contributed by atoms with Crippen molar-refractivity contribution in [1.29, 1.82) is 0 Å². The Morgan fingerprint density at radius 2 is 0.746 bits per heavy atom. The third-order valence-corrected chi connectivity index (χ3v) is 11.6. The topological polar surface area (TPSA) is 115 Å². The van der Waals surface area contributed by atoms with E-state index < -0.39 is 18.4 Å². The Bertz CT molecular complexity index is 876. The molecule has 0 aliphatic carbocycles. The molecule has 59 heavy (non-hydrogen) atoms. The van der Waals surface area contributed by atoms with Gasteiger partial charge >= 0.3 is 12.3 Å². The molecule has 0 fully saturated rings. The molecule has 352 valence electrons. The summed E-state index contributed by atoms with van der Waals surface area (Å²) in [6, 6.07) is 0. The van der Waals surface area contributed by atoms with Crippen molar-refractivity contribution in [3.63, 3.8) is 0 Å². The first-order chi connectivity index (χ1) is 28.9. The van der Waals surface area contributed by atoms with E-state index in [1.54, 1.807) is 0 Å². The van der Waals surface area contributed by atoms with Crippen LogP contribution in [0.5, 0.6) is 0 Å². The number of hydrogen-bond donors (Lipinski definition) is 2. The lowest BCUT2D eigenvalue weighted by Gasteiger charge is -2.25.